The number of ether oxygens (including phenoxy) is 1. The van der Waals surface area contributed by atoms with Crippen LogP contribution in [-0.2, 0) is 11.3 Å². The standard InChI is InChI=1S/C17H21NO/c1-14-8-9-18(10-11-19-14)13-15-6-7-16-4-2-3-5-17(16)12-15/h2-7,12,14H,8-11,13H2,1H3. The van der Waals surface area contributed by atoms with Gasteiger partial charge < -0.3 is 4.74 Å². The van der Waals surface area contributed by atoms with E-state index in [1.54, 1.807) is 0 Å². The van der Waals surface area contributed by atoms with E-state index in [1.807, 2.05) is 0 Å². The van der Waals surface area contributed by atoms with Crippen LogP contribution in [0.2, 0.25) is 0 Å². The molecule has 1 fully saturated rings. The van der Waals surface area contributed by atoms with E-state index in [4.69, 9.17) is 4.74 Å². The molecule has 0 amide bonds. The van der Waals surface area contributed by atoms with E-state index in [1.165, 1.54) is 16.3 Å². The molecular formula is C17H21NO. The third kappa shape index (κ3) is 3.14. The van der Waals surface area contributed by atoms with Crippen molar-refractivity contribution >= 4 is 10.8 Å². The predicted molar refractivity (Wildman–Crippen MR) is 79.3 cm³/mol. The van der Waals surface area contributed by atoms with Crippen molar-refractivity contribution in [2.24, 2.45) is 0 Å². The van der Waals surface area contributed by atoms with E-state index in [2.05, 4.69) is 54.3 Å². The van der Waals surface area contributed by atoms with Crippen molar-refractivity contribution in [3.63, 3.8) is 0 Å². The highest BCUT2D eigenvalue weighted by Gasteiger charge is 2.14. The van der Waals surface area contributed by atoms with Gasteiger partial charge in [0.25, 0.3) is 0 Å². The second-order valence-electron chi connectivity index (χ2n) is 5.43. The molecule has 1 atom stereocenters. The van der Waals surface area contributed by atoms with Crippen molar-refractivity contribution in [3.8, 4) is 0 Å². The van der Waals surface area contributed by atoms with E-state index in [9.17, 15) is 0 Å². The van der Waals surface area contributed by atoms with Crippen molar-refractivity contribution < 1.29 is 4.74 Å². The van der Waals surface area contributed by atoms with Crippen LogP contribution in [0, 0.1) is 0 Å². The van der Waals surface area contributed by atoms with E-state index in [-0.39, 0.29) is 0 Å². The van der Waals surface area contributed by atoms with Gasteiger partial charge in [0, 0.05) is 19.6 Å². The van der Waals surface area contributed by atoms with Crippen molar-refractivity contribution in [2.45, 2.75) is 26.0 Å². The van der Waals surface area contributed by atoms with Gasteiger partial charge in [-0.1, -0.05) is 36.4 Å². The molecule has 19 heavy (non-hydrogen) atoms. The maximum Gasteiger partial charge on any atom is 0.0597 e. The molecule has 2 aromatic carbocycles. The number of fused-ring (bicyclic) bond motifs is 1. The maximum absolute atomic E-state index is 5.70. The minimum absolute atomic E-state index is 0.404. The van der Waals surface area contributed by atoms with Crippen LogP contribution < -0.4 is 0 Å². The molecule has 0 aromatic heterocycles. The predicted octanol–water partition coefficient (Wildman–Crippen LogP) is 3.45. The summed E-state index contributed by atoms with van der Waals surface area (Å²) in [5.41, 5.74) is 1.40. The Labute approximate surface area is 115 Å². The Hall–Kier alpha value is -1.38. The van der Waals surface area contributed by atoms with Crippen LogP contribution in [0.1, 0.15) is 18.9 Å². The zero-order valence-corrected chi connectivity index (χ0v) is 11.5. The van der Waals surface area contributed by atoms with Crippen LogP contribution >= 0.6 is 0 Å². The quantitative estimate of drug-likeness (QED) is 0.815. The van der Waals surface area contributed by atoms with Gasteiger partial charge in [-0.15, -0.1) is 0 Å². The van der Waals surface area contributed by atoms with Gasteiger partial charge in [-0.25, -0.2) is 0 Å². The first kappa shape index (κ1) is 12.6. The van der Waals surface area contributed by atoms with E-state index >= 15 is 0 Å². The second kappa shape index (κ2) is 5.72. The number of benzene rings is 2. The summed E-state index contributed by atoms with van der Waals surface area (Å²) in [4.78, 5) is 2.49. The fraction of sp³-hybridized carbons (Fsp3) is 0.412. The average molecular weight is 255 g/mol. The fourth-order valence-corrected chi connectivity index (χ4v) is 2.70. The van der Waals surface area contributed by atoms with Gasteiger partial charge >= 0.3 is 0 Å². The minimum Gasteiger partial charge on any atom is -0.377 e. The summed E-state index contributed by atoms with van der Waals surface area (Å²) in [6.45, 7) is 6.22. The molecule has 100 valence electrons. The lowest BCUT2D eigenvalue weighted by atomic mass is 10.1. The van der Waals surface area contributed by atoms with Crippen molar-refractivity contribution in [3.05, 3.63) is 48.0 Å². The summed E-state index contributed by atoms with van der Waals surface area (Å²) >= 11 is 0. The Kier molecular flexibility index (Phi) is 3.81. The SMILES string of the molecule is CC1CCN(Cc2ccc3ccccc3c2)CCO1. The first-order valence-electron chi connectivity index (χ1n) is 7.13. The Balaban J connectivity index is 1.73. The lowest BCUT2D eigenvalue weighted by Crippen LogP contribution is -2.25. The topological polar surface area (TPSA) is 12.5 Å². The van der Waals surface area contributed by atoms with Gasteiger partial charge in [0.05, 0.1) is 12.7 Å². The molecule has 1 saturated heterocycles. The molecule has 3 rings (SSSR count). The Morgan fingerprint density at radius 1 is 1.11 bits per heavy atom. The number of nitrogens with zero attached hydrogens (tertiary/aromatic N) is 1. The van der Waals surface area contributed by atoms with Crippen LogP contribution in [0.4, 0.5) is 0 Å². The van der Waals surface area contributed by atoms with Crippen LogP contribution in [0.5, 0.6) is 0 Å². The van der Waals surface area contributed by atoms with Crippen LogP contribution in [0.25, 0.3) is 10.8 Å². The fourth-order valence-electron chi connectivity index (χ4n) is 2.70. The molecule has 1 heterocycles. The summed E-state index contributed by atoms with van der Waals surface area (Å²) in [6, 6.07) is 15.3. The third-order valence-electron chi connectivity index (χ3n) is 3.88. The Bertz CT molecular complexity index is 552. The third-order valence-corrected chi connectivity index (χ3v) is 3.88. The lowest BCUT2D eigenvalue weighted by molar-refractivity contribution is 0.0748. The molecule has 0 N–H and O–H groups in total. The summed E-state index contributed by atoms with van der Waals surface area (Å²) < 4.78 is 5.70. The highest BCUT2D eigenvalue weighted by Crippen LogP contribution is 2.17. The van der Waals surface area contributed by atoms with Gasteiger partial charge in [0.2, 0.25) is 0 Å². The van der Waals surface area contributed by atoms with Crippen molar-refractivity contribution in [1.29, 1.82) is 0 Å². The molecule has 0 saturated carbocycles. The molecule has 1 aliphatic rings. The molecule has 2 aromatic rings. The Morgan fingerprint density at radius 2 is 1.95 bits per heavy atom. The van der Waals surface area contributed by atoms with Crippen molar-refractivity contribution in [1.82, 2.24) is 4.90 Å². The van der Waals surface area contributed by atoms with Crippen molar-refractivity contribution in [2.75, 3.05) is 19.7 Å². The van der Waals surface area contributed by atoms with Gasteiger partial charge in [0.15, 0.2) is 0 Å². The molecule has 0 spiro atoms. The highest BCUT2D eigenvalue weighted by molar-refractivity contribution is 5.82. The average Bonchev–Trinajstić information content (AvgIpc) is 2.64. The lowest BCUT2D eigenvalue weighted by Gasteiger charge is -2.19. The molecule has 1 aliphatic heterocycles. The molecule has 2 nitrogen and oxygen atoms in total. The smallest absolute Gasteiger partial charge is 0.0597 e. The van der Waals surface area contributed by atoms with Gasteiger partial charge in [-0.2, -0.15) is 0 Å². The normalized spacial score (nSPS) is 21.4. The zero-order chi connectivity index (χ0) is 13.1. The number of hydrogen-bond donors (Lipinski definition) is 0. The number of hydrogen-bond acceptors (Lipinski definition) is 2. The monoisotopic (exact) mass is 255 g/mol. The van der Waals surface area contributed by atoms with E-state index in [0.717, 1.165) is 32.7 Å². The highest BCUT2D eigenvalue weighted by atomic mass is 16.5. The summed E-state index contributed by atoms with van der Waals surface area (Å²) in [7, 11) is 0. The number of rotatable bonds is 2. The van der Waals surface area contributed by atoms with Gasteiger partial charge in [-0.3, -0.25) is 4.90 Å². The summed E-state index contributed by atoms with van der Waals surface area (Å²) in [5, 5.41) is 2.65. The van der Waals surface area contributed by atoms with Crippen LogP contribution in [-0.4, -0.2) is 30.7 Å². The second-order valence-corrected chi connectivity index (χ2v) is 5.43. The molecule has 1 unspecified atom stereocenters. The van der Waals surface area contributed by atoms with Gasteiger partial charge in [-0.05, 0) is 35.7 Å². The molecule has 0 radical (unpaired) electrons. The van der Waals surface area contributed by atoms with Crippen LogP contribution in [0.3, 0.4) is 0 Å². The molecular weight excluding hydrogens is 234 g/mol. The first-order valence-corrected chi connectivity index (χ1v) is 7.13. The largest absolute Gasteiger partial charge is 0.377 e. The Morgan fingerprint density at radius 3 is 2.84 bits per heavy atom. The minimum atomic E-state index is 0.404. The van der Waals surface area contributed by atoms with E-state index in [0.29, 0.717) is 6.10 Å². The van der Waals surface area contributed by atoms with Crippen LogP contribution in [0.15, 0.2) is 42.5 Å². The molecule has 0 bridgehead atoms. The summed E-state index contributed by atoms with van der Waals surface area (Å²) in [5.74, 6) is 0. The molecule has 0 aliphatic carbocycles. The first-order chi connectivity index (χ1) is 9.31. The molecule has 2 heteroatoms. The van der Waals surface area contributed by atoms with Gasteiger partial charge in [0.1, 0.15) is 0 Å². The maximum atomic E-state index is 5.70. The summed E-state index contributed by atoms with van der Waals surface area (Å²) in [6.07, 6.45) is 1.54. The van der Waals surface area contributed by atoms with E-state index < -0.39 is 0 Å². The zero-order valence-electron chi connectivity index (χ0n) is 11.5.